The summed E-state index contributed by atoms with van der Waals surface area (Å²) in [7, 11) is 1.55. The van der Waals surface area contributed by atoms with E-state index in [0.717, 1.165) is 16.8 Å². The standard InChI is InChI=1S/C15H18N2O2/c1-10-7-12(8-14(19-3)15(10)18)11(2)17-13-5-4-6-16-9-13/h4-9,11,17-18H,1-3H3. The number of aromatic nitrogens is 1. The molecule has 19 heavy (non-hydrogen) atoms. The minimum atomic E-state index is 0.0948. The first-order valence-corrected chi connectivity index (χ1v) is 6.16. The quantitative estimate of drug-likeness (QED) is 0.883. The van der Waals surface area contributed by atoms with Gasteiger partial charge in [0.05, 0.1) is 12.8 Å². The minimum Gasteiger partial charge on any atom is -0.504 e. The van der Waals surface area contributed by atoms with Crippen LogP contribution < -0.4 is 10.1 Å². The van der Waals surface area contributed by atoms with E-state index in [-0.39, 0.29) is 11.8 Å². The van der Waals surface area contributed by atoms with Gasteiger partial charge in [-0.05, 0) is 43.2 Å². The zero-order valence-electron chi connectivity index (χ0n) is 11.3. The van der Waals surface area contributed by atoms with Gasteiger partial charge in [0.15, 0.2) is 11.5 Å². The third kappa shape index (κ3) is 2.96. The lowest BCUT2D eigenvalue weighted by atomic mass is 10.0. The van der Waals surface area contributed by atoms with Gasteiger partial charge in [0.1, 0.15) is 0 Å². The summed E-state index contributed by atoms with van der Waals surface area (Å²) in [6.45, 7) is 3.91. The van der Waals surface area contributed by atoms with Gasteiger partial charge in [-0.2, -0.15) is 0 Å². The fourth-order valence-corrected chi connectivity index (χ4v) is 1.96. The van der Waals surface area contributed by atoms with E-state index in [0.29, 0.717) is 5.75 Å². The highest BCUT2D eigenvalue weighted by atomic mass is 16.5. The first-order chi connectivity index (χ1) is 9.11. The number of methoxy groups -OCH3 is 1. The third-order valence-electron chi connectivity index (χ3n) is 3.05. The highest BCUT2D eigenvalue weighted by Gasteiger charge is 2.12. The van der Waals surface area contributed by atoms with Crippen molar-refractivity contribution in [2.75, 3.05) is 12.4 Å². The van der Waals surface area contributed by atoms with Crippen LogP contribution >= 0.6 is 0 Å². The molecule has 0 saturated heterocycles. The molecule has 0 aliphatic heterocycles. The van der Waals surface area contributed by atoms with E-state index in [1.807, 2.05) is 31.2 Å². The van der Waals surface area contributed by atoms with Crippen molar-refractivity contribution in [2.24, 2.45) is 0 Å². The van der Waals surface area contributed by atoms with Gasteiger partial charge in [-0.25, -0.2) is 0 Å². The molecule has 100 valence electrons. The van der Waals surface area contributed by atoms with E-state index >= 15 is 0 Å². The number of aryl methyl sites for hydroxylation is 1. The molecule has 1 unspecified atom stereocenters. The van der Waals surface area contributed by atoms with Crippen molar-refractivity contribution in [2.45, 2.75) is 19.9 Å². The zero-order chi connectivity index (χ0) is 13.8. The van der Waals surface area contributed by atoms with Crippen LogP contribution in [0.1, 0.15) is 24.1 Å². The van der Waals surface area contributed by atoms with Crippen LogP contribution in [0.15, 0.2) is 36.7 Å². The maximum Gasteiger partial charge on any atom is 0.161 e. The predicted octanol–water partition coefficient (Wildman–Crippen LogP) is 3.28. The van der Waals surface area contributed by atoms with E-state index in [9.17, 15) is 5.11 Å². The highest BCUT2D eigenvalue weighted by molar-refractivity contribution is 5.50. The van der Waals surface area contributed by atoms with Crippen molar-refractivity contribution in [3.8, 4) is 11.5 Å². The van der Waals surface area contributed by atoms with E-state index < -0.39 is 0 Å². The summed E-state index contributed by atoms with van der Waals surface area (Å²) in [5, 5.41) is 13.2. The van der Waals surface area contributed by atoms with Gasteiger partial charge in [0.25, 0.3) is 0 Å². The lowest BCUT2D eigenvalue weighted by Crippen LogP contribution is -2.07. The largest absolute Gasteiger partial charge is 0.504 e. The molecule has 0 bridgehead atoms. The molecule has 1 aromatic heterocycles. The Hall–Kier alpha value is -2.23. The van der Waals surface area contributed by atoms with E-state index in [1.54, 1.807) is 19.5 Å². The van der Waals surface area contributed by atoms with Crippen molar-refractivity contribution in [3.05, 3.63) is 47.8 Å². The van der Waals surface area contributed by atoms with E-state index in [1.165, 1.54) is 0 Å². The van der Waals surface area contributed by atoms with Crippen molar-refractivity contribution in [3.63, 3.8) is 0 Å². The van der Waals surface area contributed by atoms with Gasteiger partial charge >= 0.3 is 0 Å². The molecule has 2 rings (SSSR count). The Balaban J connectivity index is 2.24. The number of phenols is 1. The molecule has 0 fully saturated rings. The molecule has 0 saturated carbocycles. The molecule has 0 spiro atoms. The Kier molecular flexibility index (Phi) is 3.90. The van der Waals surface area contributed by atoms with Crippen LogP contribution in [-0.2, 0) is 0 Å². The fraction of sp³-hybridized carbons (Fsp3) is 0.267. The second kappa shape index (κ2) is 5.61. The zero-order valence-corrected chi connectivity index (χ0v) is 11.3. The molecule has 4 heteroatoms. The van der Waals surface area contributed by atoms with Crippen molar-refractivity contribution >= 4 is 5.69 Å². The Bertz CT molecular complexity index is 556. The van der Waals surface area contributed by atoms with Crippen molar-refractivity contribution in [1.29, 1.82) is 0 Å². The number of pyridine rings is 1. The maximum atomic E-state index is 9.84. The molecule has 4 nitrogen and oxygen atoms in total. The monoisotopic (exact) mass is 258 g/mol. The number of ether oxygens (including phenoxy) is 1. The van der Waals surface area contributed by atoms with Gasteiger partial charge in [-0.15, -0.1) is 0 Å². The second-order valence-electron chi connectivity index (χ2n) is 4.50. The molecular formula is C15H18N2O2. The molecule has 1 heterocycles. The molecule has 0 aliphatic rings. The molecule has 1 aromatic carbocycles. The summed E-state index contributed by atoms with van der Waals surface area (Å²) in [5.41, 5.74) is 2.81. The summed E-state index contributed by atoms with van der Waals surface area (Å²) in [5.74, 6) is 0.690. The summed E-state index contributed by atoms with van der Waals surface area (Å²) in [6.07, 6.45) is 3.52. The summed E-state index contributed by atoms with van der Waals surface area (Å²) >= 11 is 0. The Morgan fingerprint density at radius 1 is 1.37 bits per heavy atom. The number of anilines is 1. The summed E-state index contributed by atoms with van der Waals surface area (Å²) < 4.78 is 5.18. The van der Waals surface area contributed by atoms with Crippen molar-refractivity contribution < 1.29 is 9.84 Å². The van der Waals surface area contributed by atoms with Crippen LogP contribution in [0.3, 0.4) is 0 Å². The first kappa shape index (κ1) is 13.2. The number of aromatic hydroxyl groups is 1. The van der Waals surface area contributed by atoms with Crippen molar-refractivity contribution in [1.82, 2.24) is 4.98 Å². The van der Waals surface area contributed by atoms with Crippen LogP contribution in [0, 0.1) is 6.92 Å². The number of nitrogens with zero attached hydrogens (tertiary/aromatic N) is 1. The maximum absolute atomic E-state index is 9.84. The van der Waals surface area contributed by atoms with Crippen LogP contribution in [0.5, 0.6) is 11.5 Å². The number of benzene rings is 1. The normalized spacial score (nSPS) is 11.9. The Labute approximate surface area is 113 Å². The molecule has 2 N–H and O–H groups in total. The summed E-state index contributed by atoms with van der Waals surface area (Å²) in [6, 6.07) is 7.74. The predicted molar refractivity (Wildman–Crippen MR) is 75.7 cm³/mol. The molecular weight excluding hydrogens is 240 g/mol. The van der Waals surface area contributed by atoms with E-state index in [2.05, 4.69) is 17.2 Å². The van der Waals surface area contributed by atoms with Crippen LogP contribution in [0.25, 0.3) is 0 Å². The summed E-state index contributed by atoms with van der Waals surface area (Å²) in [4.78, 5) is 4.07. The number of rotatable bonds is 4. The van der Waals surface area contributed by atoms with Crippen LogP contribution in [0.2, 0.25) is 0 Å². The van der Waals surface area contributed by atoms with Gasteiger partial charge in [-0.1, -0.05) is 6.07 Å². The minimum absolute atomic E-state index is 0.0948. The Morgan fingerprint density at radius 3 is 2.79 bits per heavy atom. The number of hydrogen-bond acceptors (Lipinski definition) is 4. The van der Waals surface area contributed by atoms with E-state index in [4.69, 9.17) is 4.74 Å². The Morgan fingerprint density at radius 2 is 2.16 bits per heavy atom. The van der Waals surface area contributed by atoms with Gasteiger partial charge in [-0.3, -0.25) is 4.98 Å². The molecule has 0 amide bonds. The van der Waals surface area contributed by atoms with Gasteiger partial charge in [0, 0.05) is 18.4 Å². The molecule has 1 atom stereocenters. The third-order valence-corrected chi connectivity index (χ3v) is 3.05. The number of hydrogen-bond donors (Lipinski definition) is 2. The lowest BCUT2D eigenvalue weighted by Gasteiger charge is -2.17. The SMILES string of the molecule is COc1cc(C(C)Nc2cccnc2)cc(C)c1O. The average Bonchev–Trinajstić information content (AvgIpc) is 2.42. The first-order valence-electron chi connectivity index (χ1n) is 6.16. The van der Waals surface area contributed by atoms with Crippen LogP contribution in [-0.4, -0.2) is 17.2 Å². The molecule has 0 radical (unpaired) electrons. The number of phenolic OH excluding ortho intramolecular Hbond substituents is 1. The molecule has 2 aromatic rings. The highest BCUT2D eigenvalue weighted by Crippen LogP contribution is 2.33. The smallest absolute Gasteiger partial charge is 0.161 e. The van der Waals surface area contributed by atoms with Gasteiger partial charge < -0.3 is 15.2 Å². The topological polar surface area (TPSA) is 54.4 Å². The van der Waals surface area contributed by atoms with Crippen LogP contribution in [0.4, 0.5) is 5.69 Å². The average molecular weight is 258 g/mol. The molecule has 0 aliphatic carbocycles. The lowest BCUT2D eigenvalue weighted by molar-refractivity contribution is 0.371. The second-order valence-corrected chi connectivity index (χ2v) is 4.50. The van der Waals surface area contributed by atoms with Gasteiger partial charge in [0.2, 0.25) is 0 Å². The number of nitrogens with one attached hydrogen (secondary N) is 1. The fourth-order valence-electron chi connectivity index (χ4n) is 1.96.